The van der Waals surface area contributed by atoms with Gasteiger partial charge in [-0.15, -0.1) is 0 Å². The van der Waals surface area contributed by atoms with Crippen LogP contribution in [0.1, 0.15) is 0 Å². The summed E-state index contributed by atoms with van der Waals surface area (Å²) in [6.07, 6.45) is 8.39. The van der Waals surface area contributed by atoms with Gasteiger partial charge in [0.05, 0.1) is 13.4 Å². The van der Waals surface area contributed by atoms with E-state index in [1.807, 2.05) is 24.4 Å². The first-order valence-corrected chi connectivity index (χ1v) is 10.2. The summed E-state index contributed by atoms with van der Waals surface area (Å²) in [4.78, 5) is 19.9. The van der Waals surface area contributed by atoms with E-state index in [-0.39, 0.29) is 0 Å². The predicted octanol–water partition coefficient (Wildman–Crippen LogP) is 4.34. The molecule has 0 atom stereocenters. The molecule has 2 N–H and O–H groups in total. The van der Waals surface area contributed by atoms with Crippen molar-refractivity contribution >= 4 is 51.2 Å². The molecule has 11 heteroatoms. The van der Waals surface area contributed by atoms with Crippen LogP contribution < -0.4 is 10.5 Å². The van der Waals surface area contributed by atoms with Crippen molar-refractivity contribution in [1.29, 1.82) is 0 Å². The number of aliphatic imine (C=N–C) groups is 1. The van der Waals surface area contributed by atoms with Crippen molar-refractivity contribution < 1.29 is 9.53 Å². The third kappa shape index (κ3) is 5.22. The van der Waals surface area contributed by atoms with E-state index < -0.39 is 6.03 Å². The predicted molar refractivity (Wildman–Crippen MR) is 118 cm³/mol. The Balaban J connectivity index is 0.000000224. The second kappa shape index (κ2) is 9.68. The third-order valence-corrected chi connectivity index (χ3v) is 5.43. The van der Waals surface area contributed by atoms with Gasteiger partial charge in [-0.25, -0.2) is 19.5 Å². The zero-order valence-corrected chi connectivity index (χ0v) is 18.4. The van der Waals surface area contributed by atoms with Crippen LogP contribution >= 0.6 is 38.9 Å². The first kappa shape index (κ1) is 21.0. The normalized spacial score (nSPS) is 12.4. The number of urea groups is 1. The molecule has 0 spiro atoms. The van der Waals surface area contributed by atoms with Gasteiger partial charge in [0.25, 0.3) is 0 Å². The van der Waals surface area contributed by atoms with Crippen molar-refractivity contribution in [1.82, 2.24) is 19.7 Å². The van der Waals surface area contributed by atoms with Gasteiger partial charge in [0, 0.05) is 35.7 Å². The van der Waals surface area contributed by atoms with E-state index >= 15 is 0 Å². The number of amides is 2. The number of hydrogen-bond donors (Lipinski definition) is 1. The number of aromatic nitrogens is 3. The highest BCUT2D eigenvalue weighted by Gasteiger charge is 2.18. The molecule has 3 aromatic rings. The molecule has 0 unspecified atom stereocenters. The number of primary amides is 1. The molecule has 0 radical (unpaired) electrons. The zero-order valence-electron chi connectivity index (χ0n) is 15.2. The maximum Gasteiger partial charge on any atom is 0.320 e. The van der Waals surface area contributed by atoms with Crippen molar-refractivity contribution in [3.05, 3.63) is 57.9 Å². The number of halogens is 2. The minimum Gasteiger partial charge on any atom is -0.496 e. The molecular formula is C18H16BrClN6O2S. The Bertz CT molecular complexity index is 1050. The van der Waals surface area contributed by atoms with Crippen molar-refractivity contribution in [3.8, 4) is 22.0 Å². The summed E-state index contributed by atoms with van der Waals surface area (Å²) < 4.78 is 7.95. The van der Waals surface area contributed by atoms with Crippen LogP contribution in [0.4, 0.5) is 4.79 Å². The minimum atomic E-state index is -0.469. The fourth-order valence-corrected chi connectivity index (χ4v) is 3.97. The van der Waals surface area contributed by atoms with E-state index in [9.17, 15) is 4.79 Å². The summed E-state index contributed by atoms with van der Waals surface area (Å²) in [6.45, 7) is 0.527. The molecule has 0 bridgehead atoms. The Morgan fingerprint density at radius 1 is 1.41 bits per heavy atom. The van der Waals surface area contributed by atoms with Gasteiger partial charge in [-0.2, -0.15) is 5.10 Å². The molecule has 2 aromatic heterocycles. The number of nitrogens with zero attached hydrogens (tertiary/aromatic N) is 5. The van der Waals surface area contributed by atoms with E-state index in [4.69, 9.17) is 22.1 Å². The summed E-state index contributed by atoms with van der Waals surface area (Å²) in [5, 5.41) is 5.80. The van der Waals surface area contributed by atoms with Gasteiger partial charge in [-0.1, -0.05) is 22.9 Å². The SMILES string of the molecule is COc1ccc(Cl)cc1-c1nc(Br)sc1-n1cccn1.NC(=O)N1C=NC=CC1. The standard InChI is InChI=1S/C13H9BrClN3OS.C5H7N3O/c1-19-10-4-3-8(15)7-9(10)11-12(20-13(14)17-11)18-6-2-5-16-18;6-5(9)8-3-1-2-7-4-8/h2-7H,1H3;1-2,4H,3H2,(H2,6,9). The maximum atomic E-state index is 10.4. The van der Waals surface area contributed by atoms with E-state index in [2.05, 4.69) is 31.0 Å². The van der Waals surface area contributed by atoms with Crippen molar-refractivity contribution in [2.45, 2.75) is 0 Å². The van der Waals surface area contributed by atoms with E-state index in [0.29, 0.717) is 11.6 Å². The molecule has 2 amide bonds. The van der Waals surface area contributed by atoms with Gasteiger partial charge in [-0.3, -0.25) is 4.90 Å². The third-order valence-electron chi connectivity index (χ3n) is 3.70. The molecule has 29 heavy (non-hydrogen) atoms. The Kier molecular flexibility index (Phi) is 7.02. The molecule has 0 saturated carbocycles. The Labute approximate surface area is 184 Å². The number of methoxy groups -OCH3 is 1. The molecule has 1 aliphatic rings. The molecule has 3 heterocycles. The molecule has 0 saturated heterocycles. The Hall–Kier alpha value is -2.69. The second-order valence-corrected chi connectivity index (χ2v) is 8.25. The summed E-state index contributed by atoms with van der Waals surface area (Å²) in [6, 6.07) is 6.86. The lowest BCUT2D eigenvalue weighted by Crippen LogP contribution is -2.35. The van der Waals surface area contributed by atoms with Gasteiger partial charge in [0.1, 0.15) is 16.4 Å². The van der Waals surface area contributed by atoms with Crippen LogP contribution in [-0.2, 0) is 0 Å². The minimum absolute atomic E-state index is 0.469. The molecule has 4 rings (SSSR count). The lowest BCUT2D eigenvalue weighted by molar-refractivity contribution is 0.233. The van der Waals surface area contributed by atoms with Crippen molar-refractivity contribution in [2.24, 2.45) is 10.7 Å². The molecule has 1 aliphatic heterocycles. The monoisotopic (exact) mass is 494 g/mol. The van der Waals surface area contributed by atoms with Crippen LogP contribution in [0.2, 0.25) is 5.02 Å². The second-order valence-electron chi connectivity index (χ2n) is 5.56. The zero-order chi connectivity index (χ0) is 20.8. The lowest BCUT2D eigenvalue weighted by Gasteiger charge is -2.12. The van der Waals surface area contributed by atoms with Gasteiger partial charge in [0.15, 0.2) is 3.92 Å². The largest absolute Gasteiger partial charge is 0.496 e. The quantitative estimate of drug-likeness (QED) is 0.584. The number of carbonyl (C=O) groups excluding carboxylic acids is 1. The summed E-state index contributed by atoms with van der Waals surface area (Å²) >= 11 is 11.0. The summed E-state index contributed by atoms with van der Waals surface area (Å²) in [7, 11) is 1.63. The highest BCUT2D eigenvalue weighted by Crippen LogP contribution is 2.39. The highest BCUT2D eigenvalue weighted by atomic mass is 79.9. The van der Waals surface area contributed by atoms with E-state index in [1.54, 1.807) is 36.3 Å². The first-order chi connectivity index (χ1) is 14.0. The van der Waals surface area contributed by atoms with Crippen LogP contribution in [0.5, 0.6) is 5.75 Å². The van der Waals surface area contributed by atoms with Gasteiger partial charge < -0.3 is 10.5 Å². The van der Waals surface area contributed by atoms with E-state index in [1.165, 1.54) is 22.6 Å². The molecule has 150 valence electrons. The van der Waals surface area contributed by atoms with E-state index in [0.717, 1.165) is 25.9 Å². The van der Waals surface area contributed by atoms with Gasteiger partial charge >= 0.3 is 6.03 Å². The van der Waals surface area contributed by atoms with Gasteiger partial charge in [-0.05, 0) is 46.3 Å². The van der Waals surface area contributed by atoms with Crippen LogP contribution in [-0.4, -0.2) is 45.7 Å². The fourth-order valence-electron chi connectivity index (χ4n) is 2.41. The number of nitrogens with two attached hydrogens (primary N) is 1. The first-order valence-electron chi connectivity index (χ1n) is 8.24. The Morgan fingerprint density at radius 3 is 2.83 bits per heavy atom. The average molecular weight is 496 g/mol. The maximum absolute atomic E-state index is 10.4. The number of thiazole rings is 1. The molecule has 1 aromatic carbocycles. The number of ether oxygens (including phenoxy) is 1. The average Bonchev–Trinajstić information content (AvgIpc) is 3.38. The van der Waals surface area contributed by atoms with Crippen LogP contribution in [0.15, 0.2) is 57.8 Å². The number of hydrogen-bond acceptors (Lipinski definition) is 6. The summed E-state index contributed by atoms with van der Waals surface area (Å²) in [5.41, 5.74) is 6.55. The number of rotatable bonds is 3. The van der Waals surface area contributed by atoms with Crippen molar-refractivity contribution in [3.63, 3.8) is 0 Å². The highest BCUT2D eigenvalue weighted by molar-refractivity contribution is 9.11. The Morgan fingerprint density at radius 2 is 2.24 bits per heavy atom. The van der Waals surface area contributed by atoms with Crippen LogP contribution in [0, 0.1) is 0 Å². The van der Waals surface area contributed by atoms with Crippen LogP contribution in [0.3, 0.4) is 0 Å². The van der Waals surface area contributed by atoms with Crippen molar-refractivity contribution in [2.75, 3.05) is 13.7 Å². The number of carbonyl (C=O) groups is 1. The fraction of sp³-hybridized carbons (Fsp3) is 0.111. The number of benzene rings is 1. The topological polar surface area (TPSA) is 98.6 Å². The smallest absolute Gasteiger partial charge is 0.320 e. The molecule has 0 fully saturated rings. The van der Waals surface area contributed by atoms with Gasteiger partial charge in [0.2, 0.25) is 0 Å². The molecule has 0 aliphatic carbocycles. The summed E-state index contributed by atoms with van der Waals surface area (Å²) in [5.74, 6) is 0.723. The molecule has 8 nitrogen and oxygen atoms in total. The lowest BCUT2D eigenvalue weighted by atomic mass is 10.1. The van der Waals surface area contributed by atoms with Crippen LogP contribution in [0.25, 0.3) is 16.3 Å². The molecular weight excluding hydrogens is 480 g/mol.